The summed E-state index contributed by atoms with van der Waals surface area (Å²) in [6.07, 6.45) is 0. The standard InChI is InChI=1S/C12H18N4/c13-5-7-16(8-6-14)10-12-3-1-11(9-15)2-4-12/h1-4H,5-8,10,13-14H2. The van der Waals surface area contributed by atoms with Crippen LogP contribution in [-0.2, 0) is 6.54 Å². The van der Waals surface area contributed by atoms with Gasteiger partial charge >= 0.3 is 0 Å². The monoisotopic (exact) mass is 218 g/mol. The molecule has 0 bridgehead atoms. The maximum Gasteiger partial charge on any atom is 0.0991 e. The predicted molar refractivity (Wildman–Crippen MR) is 64.5 cm³/mol. The Morgan fingerprint density at radius 3 is 2.06 bits per heavy atom. The van der Waals surface area contributed by atoms with Crippen LogP contribution in [0.25, 0.3) is 0 Å². The van der Waals surface area contributed by atoms with E-state index in [0.29, 0.717) is 18.7 Å². The number of hydrogen-bond donors (Lipinski definition) is 2. The van der Waals surface area contributed by atoms with Crippen LogP contribution in [0.4, 0.5) is 0 Å². The van der Waals surface area contributed by atoms with Gasteiger partial charge in [-0.2, -0.15) is 5.26 Å². The number of rotatable bonds is 6. The van der Waals surface area contributed by atoms with Crippen molar-refractivity contribution in [3.05, 3.63) is 35.4 Å². The molecule has 0 aliphatic rings. The maximum absolute atomic E-state index is 8.69. The highest BCUT2D eigenvalue weighted by atomic mass is 15.1. The number of nitriles is 1. The lowest BCUT2D eigenvalue weighted by Crippen LogP contribution is -2.33. The average Bonchev–Trinajstić information content (AvgIpc) is 2.31. The van der Waals surface area contributed by atoms with Gasteiger partial charge in [0.2, 0.25) is 0 Å². The molecule has 0 atom stereocenters. The second kappa shape index (κ2) is 6.96. The fraction of sp³-hybridized carbons (Fsp3) is 0.417. The second-order valence-electron chi connectivity index (χ2n) is 3.66. The van der Waals surface area contributed by atoms with Crippen molar-refractivity contribution in [1.29, 1.82) is 5.26 Å². The molecule has 0 spiro atoms. The van der Waals surface area contributed by atoms with Gasteiger partial charge < -0.3 is 11.5 Å². The summed E-state index contributed by atoms with van der Waals surface area (Å²) in [6.45, 7) is 3.79. The first-order chi connectivity index (χ1) is 7.80. The Morgan fingerprint density at radius 2 is 1.62 bits per heavy atom. The first kappa shape index (κ1) is 12.7. The molecule has 0 radical (unpaired) electrons. The van der Waals surface area contributed by atoms with Gasteiger partial charge in [0.15, 0.2) is 0 Å². The average molecular weight is 218 g/mol. The molecule has 0 aromatic heterocycles. The number of nitrogens with zero attached hydrogens (tertiary/aromatic N) is 2. The van der Waals surface area contributed by atoms with Crippen molar-refractivity contribution in [2.24, 2.45) is 11.5 Å². The van der Waals surface area contributed by atoms with E-state index in [4.69, 9.17) is 16.7 Å². The summed E-state index contributed by atoms with van der Waals surface area (Å²) in [5, 5.41) is 8.69. The quantitative estimate of drug-likeness (QED) is 0.718. The summed E-state index contributed by atoms with van der Waals surface area (Å²) in [5.41, 5.74) is 12.9. The summed E-state index contributed by atoms with van der Waals surface area (Å²) in [5.74, 6) is 0. The highest BCUT2D eigenvalue weighted by Gasteiger charge is 2.03. The lowest BCUT2D eigenvalue weighted by atomic mass is 10.1. The molecule has 0 amide bonds. The van der Waals surface area contributed by atoms with E-state index in [9.17, 15) is 0 Å². The Hall–Kier alpha value is -1.41. The SMILES string of the molecule is N#Cc1ccc(CN(CCN)CCN)cc1. The third-order valence-electron chi connectivity index (χ3n) is 2.38. The number of hydrogen-bond acceptors (Lipinski definition) is 4. The first-order valence-electron chi connectivity index (χ1n) is 5.41. The van der Waals surface area contributed by atoms with Crippen LogP contribution < -0.4 is 11.5 Å². The van der Waals surface area contributed by atoms with E-state index in [1.165, 1.54) is 5.56 Å². The van der Waals surface area contributed by atoms with Gasteiger partial charge in [0.05, 0.1) is 11.6 Å². The van der Waals surface area contributed by atoms with Crippen LogP contribution in [0.2, 0.25) is 0 Å². The smallest absolute Gasteiger partial charge is 0.0991 e. The summed E-state index contributed by atoms with van der Waals surface area (Å²) < 4.78 is 0. The molecule has 86 valence electrons. The van der Waals surface area contributed by atoms with Crippen LogP contribution in [0.3, 0.4) is 0 Å². The van der Waals surface area contributed by atoms with Crippen LogP contribution in [-0.4, -0.2) is 31.1 Å². The Balaban J connectivity index is 2.59. The molecule has 1 aromatic rings. The van der Waals surface area contributed by atoms with Gasteiger partial charge in [-0.25, -0.2) is 0 Å². The zero-order valence-electron chi connectivity index (χ0n) is 9.39. The van der Waals surface area contributed by atoms with Crippen LogP contribution in [0, 0.1) is 11.3 Å². The molecular formula is C12H18N4. The molecule has 4 heteroatoms. The second-order valence-corrected chi connectivity index (χ2v) is 3.66. The van der Waals surface area contributed by atoms with Crippen LogP contribution in [0.1, 0.15) is 11.1 Å². The molecule has 4 N–H and O–H groups in total. The van der Waals surface area contributed by atoms with E-state index in [0.717, 1.165) is 19.6 Å². The summed E-state index contributed by atoms with van der Waals surface area (Å²) >= 11 is 0. The van der Waals surface area contributed by atoms with Crippen molar-refractivity contribution in [2.45, 2.75) is 6.54 Å². The van der Waals surface area contributed by atoms with Crippen molar-refractivity contribution in [3.63, 3.8) is 0 Å². The van der Waals surface area contributed by atoms with E-state index < -0.39 is 0 Å². The van der Waals surface area contributed by atoms with E-state index in [2.05, 4.69) is 11.0 Å². The zero-order valence-corrected chi connectivity index (χ0v) is 9.39. The Kier molecular flexibility index (Phi) is 5.51. The summed E-state index contributed by atoms with van der Waals surface area (Å²) in [6, 6.07) is 9.71. The van der Waals surface area contributed by atoms with Crippen LogP contribution >= 0.6 is 0 Å². The zero-order chi connectivity index (χ0) is 11.8. The Bertz CT molecular complexity index is 333. The highest BCUT2D eigenvalue weighted by molar-refractivity contribution is 5.31. The van der Waals surface area contributed by atoms with Gasteiger partial charge in [-0.05, 0) is 17.7 Å². The minimum absolute atomic E-state index is 0.635. The highest BCUT2D eigenvalue weighted by Crippen LogP contribution is 2.06. The predicted octanol–water partition coefficient (Wildman–Crippen LogP) is 0.278. The van der Waals surface area contributed by atoms with Crippen molar-refractivity contribution < 1.29 is 0 Å². The Labute approximate surface area is 96.5 Å². The summed E-state index contributed by atoms with van der Waals surface area (Å²) in [4.78, 5) is 2.21. The van der Waals surface area contributed by atoms with Crippen molar-refractivity contribution >= 4 is 0 Å². The van der Waals surface area contributed by atoms with Gasteiger partial charge in [-0.15, -0.1) is 0 Å². The molecule has 0 aliphatic carbocycles. The molecule has 0 aliphatic heterocycles. The molecular weight excluding hydrogens is 200 g/mol. The fourth-order valence-electron chi connectivity index (χ4n) is 1.58. The molecule has 0 heterocycles. The van der Waals surface area contributed by atoms with Crippen molar-refractivity contribution in [1.82, 2.24) is 4.90 Å². The van der Waals surface area contributed by atoms with E-state index in [1.807, 2.05) is 24.3 Å². The molecule has 1 rings (SSSR count). The van der Waals surface area contributed by atoms with Crippen molar-refractivity contribution in [2.75, 3.05) is 26.2 Å². The lowest BCUT2D eigenvalue weighted by Gasteiger charge is -2.20. The molecule has 1 aromatic carbocycles. The number of benzene rings is 1. The van der Waals surface area contributed by atoms with Gasteiger partial charge in [-0.3, -0.25) is 4.90 Å². The lowest BCUT2D eigenvalue weighted by molar-refractivity contribution is 0.281. The summed E-state index contributed by atoms with van der Waals surface area (Å²) in [7, 11) is 0. The molecule has 4 nitrogen and oxygen atoms in total. The van der Waals surface area contributed by atoms with Gasteiger partial charge in [0.1, 0.15) is 0 Å². The van der Waals surface area contributed by atoms with Crippen molar-refractivity contribution in [3.8, 4) is 6.07 Å². The minimum Gasteiger partial charge on any atom is -0.329 e. The molecule has 16 heavy (non-hydrogen) atoms. The van der Waals surface area contributed by atoms with E-state index >= 15 is 0 Å². The third-order valence-corrected chi connectivity index (χ3v) is 2.38. The minimum atomic E-state index is 0.635. The van der Waals surface area contributed by atoms with Gasteiger partial charge in [0, 0.05) is 32.7 Å². The third kappa shape index (κ3) is 3.99. The Morgan fingerprint density at radius 1 is 1.06 bits per heavy atom. The molecule has 0 fully saturated rings. The maximum atomic E-state index is 8.69. The van der Waals surface area contributed by atoms with Crippen LogP contribution in [0.15, 0.2) is 24.3 Å². The largest absolute Gasteiger partial charge is 0.329 e. The normalized spacial score (nSPS) is 10.4. The van der Waals surface area contributed by atoms with Gasteiger partial charge in [-0.1, -0.05) is 12.1 Å². The molecule has 0 saturated heterocycles. The molecule has 0 saturated carbocycles. The molecule has 0 unspecified atom stereocenters. The fourth-order valence-corrected chi connectivity index (χ4v) is 1.58. The van der Waals surface area contributed by atoms with Gasteiger partial charge in [0.25, 0.3) is 0 Å². The van der Waals surface area contributed by atoms with Crippen LogP contribution in [0.5, 0.6) is 0 Å². The topological polar surface area (TPSA) is 79.1 Å². The first-order valence-corrected chi connectivity index (χ1v) is 5.41. The van der Waals surface area contributed by atoms with E-state index in [-0.39, 0.29) is 0 Å². The van der Waals surface area contributed by atoms with E-state index in [1.54, 1.807) is 0 Å². The number of nitrogens with two attached hydrogens (primary N) is 2.